The first kappa shape index (κ1) is 16.4. The van der Waals surface area contributed by atoms with Crippen molar-refractivity contribution >= 4 is 28.9 Å². The summed E-state index contributed by atoms with van der Waals surface area (Å²) in [6.07, 6.45) is 2.45. The molecule has 1 aliphatic carbocycles. The van der Waals surface area contributed by atoms with Gasteiger partial charge < -0.3 is 10.2 Å². The van der Waals surface area contributed by atoms with Crippen molar-refractivity contribution in [2.45, 2.75) is 25.3 Å². The number of benzene rings is 2. The van der Waals surface area contributed by atoms with E-state index in [0.29, 0.717) is 30.4 Å². The third kappa shape index (κ3) is 3.79. The van der Waals surface area contributed by atoms with Crippen LogP contribution < -0.4 is 5.32 Å². The number of nitrogens with zero attached hydrogens (tertiary/aromatic N) is 3. The van der Waals surface area contributed by atoms with Crippen LogP contribution in [0.4, 0.5) is 17.1 Å². The smallest absolute Gasteiger partial charge is 0.229 e. The molecule has 1 aliphatic heterocycles. The van der Waals surface area contributed by atoms with Gasteiger partial charge in [-0.3, -0.25) is 9.59 Å². The van der Waals surface area contributed by atoms with Gasteiger partial charge in [0.25, 0.3) is 0 Å². The largest absolute Gasteiger partial charge is 0.339 e. The Kier molecular flexibility index (Phi) is 4.48. The van der Waals surface area contributed by atoms with E-state index in [9.17, 15) is 9.59 Å². The molecule has 2 aromatic rings. The number of nitrogens with one attached hydrogen (secondary N) is 1. The van der Waals surface area contributed by atoms with Crippen LogP contribution in [0.25, 0.3) is 0 Å². The minimum atomic E-state index is -0.263. The van der Waals surface area contributed by atoms with Crippen molar-refractivity contribution in [2.24, 2.45) is 16.1 Å². The van der Waals surface area contributed by atoms with Gasteiger partial charge in [-0.15, -0.1) is 0 Å². The molecule has 6 heteroatoms. The van der Waals surface area contributed by atoms with Crippen LogP contribution in [0.15, 0.2) is 64.8 Å². The molecule has 0 bridgehead atoms. The molecule has 1 atom stereocenters. The zero-order valence-corrected chi connectivity index (χ0v) is 14.3. The van der Waals surface area contributed by atoms with Crippen LogP contribution in [-0.4, -0.2) is 29.3 Å². The molecule has 0 spiro atoms. The van der Waals surface area contributed by atoms with E-state index >= 15 is 0 Å². The Morgan fingerprint density at radius 3 is 2.27 bits per heavy atom. The Balaban J connectivity index is 1.34. The molecule has 2 aliphatic rings. The standard InChI is InChI=1S/C20H20N4O2/c25-19-12-14(13-24(19)18-10-11-18)20(26)21-15-6-8-17(9-7-15)23-22-16-4-2-1-3-5-16/h1-9,14,18H,10-13H2,(H,21,26). The molecule has 6 nitrogen and oxygen atoms in total. The molecule has 2 aromatic carbocycles. The van der Waals surface area contributed by atoms with Gasteiger partial charge in [0.15, 0.2) is 0 Å². The molecule has 26 heavy (non-hydrogen) atoms. The highest BCUT2D eigenvalue weighted by Gasteiger charge is 2.41. The first-order valence-corrected chi connectivity index (χ1v) is 8.86. The van der Waals surface area contributed by atoms with E-state index in [2.05, 4.69) is 15.5 Å². The molecule has 1 heterocycles. The van der Waals surface area contributed by atoms with E-state index in [1.165, 1.54) is 0 Å². The Hall–Kier alpha value is -3.02. The fourth-order valence-electron chi connectivity index (χ4n) is 3.11. The Morgan fingerprint density at radius 1 is 0.962 bits per heavy atom. The lowest BCUT2D eigenvalue weighted by atomic mass is 10.1. The molecule has 1 saturated heterocycles. The quantitative estimate of drug-likeness (QED) is 0.828. The number of hydrogen-bond acceptors (Lipinski definition) is 4. The Bertz CT molecular complexity index is 829. The van der Waals surface area contributed by atoms with Crippen molar-refractivity contribution in [3.63, 3.8) is 0 Å². The molecule has 1 saturated carbocycles. The molecule has 0 aromatic heterocycles. The molecule has 2 fully saturated rings. The normalized spacial score (nSPS) is 19.9. The maximum absolute atomic E-state index is 12.4. The second-order valence-electron chi connectivity index (χ2n) is 6.75. The summed E-state index contributed by atoms with van der Waals surface area (Å²) in [6.45, 7) is 0.540. The second-order valence-corrected chi connectivity index (χ2v) is 6.75. The minimum Gasteiger partial charge on any atom is -0.339 e. The fourth-order valence-corrected chi connectivity index (χ4v) is 3.11. The van der Waals surface area contributed by atoms with Crippen LogP contribution in [0.3, 0.4) is 0 Å². The van der Waals surface area contributed by atoms with Crippen LogP contribution in [0.5, 0.6) is 0 Å². The number of hydrogen-bond donors (Lipinski definition) is 1. The maximum Gasteiger partial charge on any atom is 0.229 e. The third-order valence-electron chi connectivity index (χ3n) is 4.69. The van der Waals surface area contributed by atoms with Gasteiger partial charge >= 0.3 is 0 Å². The second kappa shape index (κ2) is 7.07. The van der Waals surface area contributed by atoms with Gasteiger partial charge in [0, 0.05) is 24.7 Å². The van der Waals surface area contributed by atoms with Gasteiger partial charge in [-0.05, 0) is 49.2 Å². The average molecular weight is 348 g/mol. The van der Waals surface area contributed by atoms with Gasteiger partial charge in [-0.2, -0.15) is 10.2 Å². The van der Waals surface area contributed by atoms with Crippen LogP contribution in [0, 0.1) is 5.92 Å². The van der Waals surface area contributed by atoms with Gasteiger partial charge in [0.05, 0.1) is 17.3 Å². The van der Waals surface area contributed by atoms with Gasteiger partial charge in [-0.1, -0.05) is 18.2 Å². The monoisotopic (exact) mass is 348 g/mol. The first-order valence-electron chi connectivity index (χ1n) is 8.86. The lowest BCUT2D eigenvalue weighted by Gasteiger charge is -2.15. The number of carbonyl (C=O) groups is 2. The zero-order valence-electron chi connectivity index (χ0n) is 14.3. The van der Waals surface area contributed by atoms with E-state index in [1.54, 1.807) is 24.3 Å². The highest BCUT2D eigenvalue weighted by Crippen LogP contribution is 2.33. The summed E-state index contributed by atoms with van der Waals surface area (Å²) in [7, 11) is 0. The summed E-state index contributed by atoms with van der Waals surface area (Å²) in [6, 6.07) is 17.1. The van der Waals surface area contributed by atoms with Crippen molar-refractivity contribution in [2.75, 3.05) is 11.9 Å². The predicted octanol–water partition coefficient (Wildman–Crippen LogP) is 4.05. The number of carbonyl (C=O) groups excluding carboxylic acids is 2. The van der Waals surface area contributed by atoms with Gasteiger partial charge in [-0.25, -0.2) is 0 Å². The average Bonchev–Trinajstić information content (AvgIpc) is 3.43. The molecule has 1 unspecified atom stereocenters. The minimum absolute atomic E-state index is 0.0971. The summed E-state index contributed by atoms with van der Waals surface area (Å²) in [5, 5.41) is 11.2. The SMILES string of the molecule is O=C(Nc1ccc(N=Nc2ccccc2)cc1)C1CC(=O)N(C2CC2)C1. The molecule has 132 valence electrons. The van der Waals surface area contributed by atoms with E-state index in [-0.39, 0.29) is 17.7 Å². The molecule has 4 rings (SSSR count). The number of rotatable bonds is 5. The highest BCUT2D eigenvalue weighted by molar-refractivity contribution is 5.97. The predicted molar refractivity (Wildman–Crippen MR) is 98.5 cm³/mol. The fraction of sp³-hybridized carbons (Fsp3) is 0.300. The Labute approximate surface area is 151 Å². The molecular formula is C20H20N4O2. The number of azo groups is 1. The number of amides is 2. The van der Waals surface area contributed by atoms with Crippen LogP contribution in [0.2, 0.25) is 0 Å². The van der Waals surface area contributed by atoms with Crippen LogP contribution in [-0.2, 0) is 9.59 Å². The van der Waals surface area contributed by atoms with E-state index < -0.39 is 0 Å². The van der Waals surface area contributed by atoms with Crippen molar-refractivity contribution in [3.8, 4) is 0 Å². The topological polar surface area (TPSA) is 74.1 Å². The summed E-state index contributed by atoms with van der Waals surface area (Å²) in [5.74, 6) is -0.259. The summed E-state index contributed by atoms with van der Waals surface area (Å²) in [5.41, 5.74) is 2.20. The molecule has 0 radical (unpaired) electrons. The van der Waals surface area contributed by atoms with Gasteiger partial charge in [0.1, 0.15) is 0 Å². The first-order chi connectivity index (χ1) is 12.7. The zero-order chi connectivity index (χ0) is 17.9. The van der Waals surface area contributed by atoms with Crippen molar-refractivity contribution in [1.29, 1.82) is 0 Å². The third-order valence-corrected chi connectivity index (χ3v) is 4.69. The summed E-state index contributed by atoms with van der Waals surface area (Å²) < 4.78 is 0. The number of likely N-dealkylation sites (tertiary alicyclic amines) is 1. The van der Waals surface area contributed by atoms with Crippen molar-refractivity contribution in [3.05, 3.63) is 54.6 Å². The van der Waals surface area contributed by atoms with Gasteiger partial charge in [0.2, 0.25) is 11.8 Å². The lowest BCUT2D eigenvalue weighted by Crippen LogP contribution is -2.29. The Morgan fingerprint density at radius 2 is 1.62 bits per heavy atom. The summed E-state index contributed by atoms with van der Waals surface area (Å²) in [4.78, 5) is 26.3. The highest BCUT2D eigenvalue weighted by atomic mass is 16.2. The van der Waals surface area contributed by atoms with Crippen molar-refractivity contribution < 1.29 is 9.59 Å². The van der Waals surface area contributed by atoms with E-state index in [0.717, 1.165) is 18.5 Å². The van der Waals surface area contributed by atoms with Crippen LogP contribution >= 0.6 is 0 Å². The van der Waals surface area contributed by atoms with Crippen LogP contribution in [0.1, 0.15) is 19.3 Å². The van der Waals surface area contributed by atoms with E-state index in [4.69, 9.17) is 0 Å². The van der Waals surface area contributed by atoms with Crippen molar-refractivity contribution in [1.82, 2.24) is 4.90 Å². The molecular weight excluding hydrogens is 328 g/mol. The molecule has 1 N–H and O–H groups in total. The molecule has 2 amide bonds. The number of anilines is 1. The van der Waals surface area contributed by atoms with E-state index in [1.807, 2.05) is 35.2 Å². The lowest BCUT2D eigenvalue weighted by molar-refractivity contribution is -0.128. The summed E-state index contributed by atoms with van der Waals surface area (Å²) >= 11 is 0. The maximum atomic E-state index is 12.4.